The van der Waals surface area contributed by atoms with Crippen molar-refractivity contribution in [1.82, 2.24) is 61.8 Å². The number of primary amides is 2. The fourth-order valence-corrected chi connectivity index (χ4v) is 8.92. The molecule has 7 amide bonds. The van der Waals surface area contributed by atoms with E-state index in [1.165, 1.54) is 50.4 Å². The number of hydrogen-bond acceptors (Lipinski definition) is 20. The average molecular weight is 1230 g/mol. The minimum atomic E-state index is -2.05. The van der Waals surface area contributed by atoms with Crippen LogP contribution in [-0.2, 0) is 58.4 Å². The molecule has 0 fully saturated rings. The molecule has 4 heterocycles. The predicted octanol–water partition coefficient (Wildman–Crippen LogP) is -8.35. The number of nitrogen functional groups attached to an aromatic ring is 1. The Morgan fingerprint density at radius 2 is 1.55 bits per heavy atom. The SMILES string of the molecule is Cc1c(N)nc([C@H](CC(N)=O)NC[C@H](N)C(N)=O)nc1C(=O)N[C@H](C(=O)N[C@H](C)[C@@H]([O-])[C@H](C)C(=O)N[C@H](C(=O)NCCc1nc(-c2nc(C(=O)NCCC[S+](C)C)cs2)cs1)[C@@H](C)[O-])[C@@H]([O-])c1cnc[nH]1.[Fe+3].[I-]. The van der Waals surface area contributed by atoms with Gasteiger partial charge in [0.05, 0.1) is 42.0 Å². The van der Waals surface area contributed by atoms with Gasteiger partial charge in [-0.25, -0.2) is 24.9 Å². The van der Waals surface area contributed by atoms with Gasteiger partial charge in [-0.2, -0.15) is 0 Å². The van der Waals surface area contributed by atoms with E-state index in [9.17, 15) is 48.9 Å². The van der Waals surface area contributed by atoms with Gasteiger partial charge in [-0.05, 0) is 24.7 Å². The molecule has 0 aliphatic carbocycles. The molecular weight excluding hydrogens is 1170 g/mol. The van der Waals surface area contributed by atoms with Gasteiger partial charge in [0.2, 0.25) is 29.5 Å². The molecule has 4 aromatic heterocycles. The second-order valence-corrected chi connectivity index (χ2v) is 20.9. The molecule has 0 unspecified atom stereocenters. The van der Waals surface area contributed by atoms with Crippen LogP contribution in [0.15, 0.2) is 23.3 Å². The molecule has 0 spiro atoms. The first-order valence-corrected chi connectivity index (χ1v) is 26.0. The number of H-pyrrole nitrogens is 1. The number of aromatic nitrogens is 6. The Balaban J connectivity index is 0.00000913. The van der Waals surface area contributed by atoms with Crippen LogP contribution in [0.3, 0.4) is 0 Å². The molecule has 0 aromatic carbocycles. The number of carbonyl (C=O) groups is 7. The zero-order chi connectivity index (χ0) is 52.7. The third kappa shape index (κ3) is 19.0. The number of rotatable bonds is 28. The Morgan fingerprint density at radius 1 is 0.849 bits per heavy atom. The average Bonchev–Trinajstić information content (AvgIpc) is 4.13. The monoisotopic (exact) mass is 1230 g/mol. The van der Waals surface area contributed by atoms with Crippen LogP contribution >= 0.6 is 22.7 Å². The van der Waals surface area contributed by atoms with Crippen molar-refractivity contribution < 1.29 is 89.9 Å². The van der Waals surface area contributed by atoms with Crippen molar-refractivity contribution in [3.63, 3.8) is 0 Å². The molecule has 73 heavy (non-hydrogen) atoms. The fraction of sp³-hybridized carbons (Fsp3) is 0.524. The van der Waals surface area contributed by atoms with Crippen LogP contribution in [0, 0.1) is 12.8 Å². The third-order valence-electron chi connectivity index (χ3n) is 10.8. The van der Waals surface area contributed by atoms with E-state index in [2.05, 4.69) is 74.3 Å². The summed E-state index contributed by atoms with van der Waals surface area (Å²) in [4.78, 5) is 114. The van der Waals surface area contributed by atoms with Gasteiger partial charge >= 0.3 is 17.1 Å². The molecule has 0 bridgehead atoms. The molecule has 1 radical (unpaired) electrons. The molecule has 4 aromatic rings. The van der Waals surface area contributed by atoms with Crippen molar-refractivity contribution >= 4 is 80.7 Å². The Kier molecular flexibility index (Phi) is 26.7. The number of nitrogens with one attached hydrogen (secondary N) is 7. The molecule has 0 aliphatic heterocycles. The number of imidazole rings is 1. The smallest absolute Gasteiger partial charge is 1.00 e. The van der Waals surface area contributed by atoms with E-state index in [0.717, 1.165) is 24.7 Å². The molecule has 0 saturated carbocycles. The maximum absolute atomic E-state index is 13.9. The Bertz CT molecular complexity index is 2490. The maximum atomic E-state index is 13.9. The third-order valence-corrected chi connectivity index (χ3v) is 13.6. The van der Waals surface area contributed by atoms with Crippen LogP contribution in [0.25, 0.3) is 10.7 Å². The largest absolute Gasteiger partial charge is 3.00 e. The molecular formula is C42H60FeIN16O10S3. The van der Waals surface area contributed by atoms with E-state index in [0.29, 0.717) is 27.9 Å². The quantitative estimate of drug-likeness (QED) is 0.0109. The summed E-state index contributed by atoms with van der Waals surface area (Å²) in [5, 5.41) is 60.0. The summed E-state index contributed by atoms with van der Waals surface area (Å²) in [6, 6.07) is -7.25. The molecule has 9 atom stereocenters. The van der Waals surface area contributed by atoms with E-state index < -0.39 is 102 Å². The first-order valence-electron chi connectivity index (χ1n) is 22.1. The summed E-state index contributed by atoms with van der Waals surface area (Å²) < 4.78 is 0. The van der Waals surface area contributed by atoms with E-state index in [4.69, 9.17) is 22.9 Å². The van der Waals surface area contributed by atoms with E-state index in [1.807, 2.05) is 0 Å². The number of amides is 7. The van der Waals surface area contributed by atoms with Gasteiger partial charge in [-0.3, -0.25) is 33.6 Å². The van der Waals surface area contributed by atoms with Crippen molar-refractivity contribution in [1.29, 1.82) is 0 Å². The zero-order valence-corrected chi connectivity index (χ0v) is 46.3. The van der Waals surface area contributed by atoms with Crippen LogP contribution in [-0.4, -0.2) is 146 Å². The first-order chi connectivity index (χ1) is 33.5. The number of nitrogens with zero attached hydrogens (tertiary/aromatic N) is 5. The molecule has 26 nitrogen and oxygen atoms in total. The van der Waals surface area contributed by atoms with Crippen LogP contribution in [0.1, 0.15) is 88.8 Å². The standard InChI is InChI=1S/C42H60N16O10S3.Fe.HI/c1-18-29(55-36(58-34(18)45)23(12-27(44)60)50-13-22(43)35(46)63)40(67)57-31(33(62)24-14-47-17-51-24)41(68)52-20(3)32(61)19(2)37(64)56-30(21(4)59)39(66)49-10-8-28-53-26(16-69-28)42-54-25(15-70-42)38(65)48-9-7-11-71(5)6;;/h14-17,19-23,30-33,50H,7-13,43H2,1-6H3,(H2,44,60)(H2,46,63)(H,47,51)(H,48,65)(H,49,66)(H,52,68)(H,56,64)(H,57,67)(H2,45,55,58);;1H/q-2;+3;/p-1/t19-,20+,21+,22-,23-,30-,31-,32-,33-;;/m0../s1. The van der Waals surface area contributed by atoms with Crippen molar-refractivity contribution in [2.24, 2.45) is 23.1 Å². The predicted molar refractivity (Wildman–Crippen MR) is 258 cm³/mol. The normalized spacial score (nSPS) is 14.8. The van der Waals surface area contributed by atoms with Crippen LogP contribution in [0.4, 0.5) is 5.82 Å². The van der Waals surface area contributed by atoms with Crippen LogP contribution < -0.4 is 94.1 Å². The van der Waals surface area contributed by atoms with E-state index >= 15 is 0 Å². The number of aromatic amines is 1. The van der Waals surface area contributed by atoms with Gasteiger partial charge in [-0.15, -0.1) is 22.7 Å². The van der Waals surface area contributed by atoms with Crippen molar-refractivity contribution in [2.45, 2.75) is 95.5 Å². The Morgan fingerprint density at radius 3 is 2.16 bits per heavy atom. The second kappa shape index (κ2) is 30.4. The number of anilines is 1. The zero-order valence-electron chi connectivity index (χ0n) is 40.5. The second-order valence-electron chi connectivity index (χ2n) is 16.7. The molecule has 31 heteroatoms. The van der Waals surface area contributed by atoms with E-state index in [-0.39, 0.29) is 100 Å². The Labute approximate surface area is 459 Å². The van der Waals surface area contributed by atoms with Crippen molar-refractivity contribution in [3.8, 4) is 10.7 Å². The summed E-state index contributed by atoms with van der Waals surface area (Å²) >= 11 is 2.58. The summed E-state index contributed by atoms with van der Waals surface area (Å²) in [6.45, 7) is 5.38. The summed E-state index contributed by atoms with van der Waals surface area (Å²) in [5.41, 5.74) is 22.8. The van der Waals surface area contributed by atoms with Crippen molar-refractivity contribution in [2.75, 3.05) is 43.6 Å². The fourth-order valence-electron chi connectivity index (χ4n) is 6.58. The van der Waals surface area contributed by atoms with Gasteiger partial charge in [0.25, 0.3) is 11.8 Å². The molecule has 15 N–H and O–H groups in total. The van der Waals surface area contributed by atoms with E-state index in [1.54, 1.807) is 10.8 Å². The first kappa shape index (κ1) is 64.2. The number of thiazole rings is 2. The van der Waals surface area contributed by atoms with Gasteiger partial charge in [-0.1, -0.05) is 32.2 Å². The number of carbonyl (C=O) groups excluding carboxylic acids is 7. The van der Waals surface area contributed by atoms with Crippen LogP contribution in [0.5, 0.6) is 0 Å². The maximum Gasteiger partial charge on any atom is 3.00 e. The summed E-state index contributed by atoms with van der Waals surface area (Å²) in [5.74, 6) is -6.87. The molecule has 4 rings (SSSR count). The summed E-state index contributed by atoms with van der Waals surface area (Å²) in [6.07, 6.45) is 1.65. The van der Waals surface area contributed by atoms with Gasteiger partial charge in [0, 0.05) is 79.1 Å². The van der Waals surface area contributed by atoms with Crippen molar-refractivity contribution in [3.05, 3.63) is 56.8 Å². The number of hydrogen-bond donors (Lipinski definition) is 11. The van der Waals surface area contributed by atoms with Gasteiger partial charge < -0.3 is 99.1 Å². The van der Waals surface area contributed by atoms with Crippen LogP contribution in [0.2, 0.25) is 0 Å². The molecule has 401 valence electrons. The van der Waals surface area contributed by atoms with Gasteiger partial charge in [0.15, 0.2) is 0 Å². The number of nitrogens with two attached hydrogens (primary N) is 4. The Hall–Kier alpha value is -4.96. The van der Waals surface area contributed by atoms with Gasteiger partial charge in [0.1, 0.15) is 45.5 Å². The number of halogens is 1. The minimum Gasteiger partial charge on any atom is -1.00 e. The summed E-state index contributed by atoms with van der Waals surface area (Å²) in [7, 11) is 0.289. The topological polar surface area (TPSA) is 445 Å². The molecule has 0 saturated heterocycles. The minimum absolute atomic E-state index is 0. The molecule has 0 aliphatic rings.